The summed E-state index contributed by atoms with van der Waals surface area (Å²) in [5.41, 5.74) is 6.81. The van der Waals surface area contributed by atoms with Gasteiger partial charge >= 0.3 is 5.97 Å². The second-order valence-electron chi connectivity index (χ2n) is 4.95. The highest BCUT2D eigenvalue weighted by Crippen LogP contribution is 2.12. The fourth-order valence-electron chi connectivity index (χ4n) is 1.57. The van der Waals surface area contributed by atoms with Crippen molar-refractivity contribution in [1.82, 2.24) is 0 Å². The van der Waals surface area contributed by atoms with Crippen LogP contribution in [0.3, 0.4) is 0 Å². The number of rotatable bonds is 6. The van der Waals surface area contributed by atoms with Crippen LogP contribution in [0.1, 0.15) is 44.0 Å². The first kappa shape index (κ1) is 16.2. The van der Waals surface area contributed by atoms with Gasteiger partial charge in [0.15, 0.2) is 0 Å². The maximum absolute atomic E-state index is 11.7. The van der Waals surface area contributed by atoms with Crippen molar-refractivity contribution in [1.29, 1.82) is 0 Å². The van der Waals surface area contributed by atoms with E-state index in [1.807, 2.05) is 6.92 Å². The molecule has 1 unspecified atom stereocenters. The van der Waals surface area contributed by atoms with E-state index >= 15 is 0 Å². The third kappa shape index (κ3) is 5.40. The molecule has 20 heavy (non-hydrogen) atoms. The summed E-state index contributed by atoms with van der Waals surface area (Å²) in [6, 6.07) is 6.47. The average Bonchev–Trinajstić information content (AvgIpc) is 2.38. The molecule has 0 heterocycles. The molecule has 1 aromatic carbocycles. The molecule has 0 bridgehead atoms. The van der Waals surface area contributed by atoms with Crippen molar-refractivity contribution >= 4 is 17.6 Å². The van der Waals surface area contributed by atoms with Crippen LogP contribution in [0.15, 0.2) is 24.3 Å². The molecule has 5 heteroatoms. The molecule has 1 atom stereocenters. The third-order valence-electron chi connectivity index (χ3n) is 2.72. The standard InChI is InChI=1S/C15H22N2O3/c1-4-12(16)9-14(18)17-13-7-5-11(6-8-13)15(19)20-10(2)3/h5-8,10,12H,4,9,16H2,1-3H3,(H,17,18). The number of anilines is 1. The van der Waals surface area contributed by atoms with Crippen LogP contribution in [-0.2, 0) is 9.53 Å². The van der Waals surface area contributed by atoms with Gasteiger partial charge in [0.2, 0.25) is 5.91 Å². The Labute approximate surface area is 119 Å². The fraction of sp³-hybridized carbons (Fsp3) is 0.467. The maximum Gasteiger partial charge on any atom is 0.338 e. The number of esters is 1. The number of ether oxygens (including phenoxy) is 1. The predicted molar refractivity (Wildman–Crippen MR) is 78.5 cm³/mol. The Balaban J connectivity index is 2.58. The predicted octanol–water partition coefficient (Wildman–Crippen LogP) is 2.32. The molecule has 0 radical (unpaired) electrons. The number of nitrogens with one attached hydrogen (secondary N) is 1. The monoisotopic (exact) mass is 278 g/mol. The minimum absolute atomic E-state index is 0.128. The van der Waals surface area contributed by atoms with E-state index in [0.29, 0.717) is 11.3 Å². The fourth-order valence-corrected chi connectivity index (χ4v) is 1.57. The zero-order valence-corrected chi connectivity index (χ0v) is 12.2. The van der Waals surface area contributed by atoms with Crippen molar-refractivity contribution in [2.45, 2.75) is 45.8 Å². The van der Waals surface area contributed by atoms with Gasteiger partial charge in [0.05, 0.1) is 11.7 Å². The van der Waals surface area contributed by atoms with E-state index in [1.54, 1.807) is 38.1 Å². The van der Waals surface area contributed by atoms with E-state index in [1.165, 1.54) is 0 Å². The van der Waals surface area contributed by atoms with E-state index in [-0.39, 0.29) is 30.4 Å². The average molecular weight is 278 g/mol. The second kappa shape index (κ2) is 7.65. The van der Waals surface area contributed by atoms with Crippen molar-refractivity contribution in [2.24, 2.45) is 5.73 Å². The number of benzene rings is 1. The molecular weight excluding hydrogens is 256 g/mol. The maximum atomic E-state index is 11.7. The number of carbonyl (C=O) groups is 2. The number of amides is 1. The summed E-state index contributed by atoms with van der Waals surface area (Å²) in [5, 5.41) is 2.74. The zero-order valence-electron chi connectivity index (χ0n) is 12.2. The normalized spacial score (nSPS) is 12.1. The lowest BCUT2D eigenvalue weighted by molar-refractivity contribution is -0.116. The van der Waals surface area contributed by atoms with Crippen molar-refractivity contribution < 1.29 is 14.3 Å². The highest BCUT2D eigenvalue weighted by Gasteiger charge is 2.10. The first-order chi connectivity index (χ1) is 9.42. The van der Waals surface area contributed by atoms with Crippen LogP contribution in [0.2, 0.25) is 0 Å². The van der Waals surface area contributed by atoms with Crippen LogP contribution in [0.5, 0.6) is 0 Å². The van der Waals surface area contributed by atoms with Gasteiger partial charge in [-0.3, -0.25) is 4.79 Å². The summed E-state index contributed by atoms with van der Waals surface area (Å²) >= 11 is 0. The van der Waals surface area contributed by atoms with Gasteiger partial charge < -0.3 is 15.8 Å². The van der Waals surface area contributed by atoms with Crippen LogP contribution in [-0.4, -0.2) is 24.0 Å². The topological polar surface area (TPSA) is 81.4 Å². The lowest BCUT2D eigenvalue weighted by Gasteiger charge is -2.10. The highest BCUT2D eigenvalue weighted by molar-refractivity contribution is 5.93. The summed E-state index contributed by atoms with van der Waals surface area (Å²) < 4.78 is 5.08. The van der Waals surface area contributed by atoms with Gasteiger partial charge in [0, 0.05) is 18.2 Å². The Hall–Kier alpha value is -1.88. The first-order valence-corrected chi connectivity index (χ1v) is 6.78. The van der Waals surface area contributed by atoms with Crippen molar-refractivity contribution in [2.75, 3.05) is 5.32 Å². The molecule has 0 aliphatic carbocycles. The van der Waals surface area contributed by atoms with E-state index in [9.17, 15) is 9.59 Å². The lowest BCUT2D eigenvalue weighted by Crippen LogP contribution is -2.26. The highest BCUT2D eigenvalue weighted by atomic mass is 16.5. The Morgan fingerprint density at radius 2 is 1.85 bits per heavy atom. The summed E-state index contributed by atoms with van der Waals surface area (Å²) in [5.74, 6) is -0.497. The Morgan fingerprint density at radius 1 is 1.25 bits per heavy atom. The van der Waals surface area contributed by atoms with Gasteiger partial charge in [0.1, 0.15) is 0 Å². The molecule has 110 valence electrons. The van der Waals surface area contributed by atoms with E-state index < -0.39 is 0 Å². The molecule has 0 saturated heterocycles. The van der Waals surface area contributed by atoms with E-state index in [0.717, 1.165) is 6.42 Å². The summed E-state index contributed by atoms with van der Waals surface area (Å²) in [7, 11) is 0. The molecule has 3 N–H and O–H groups in total. The van der Waals surface area contributed by atoms with Crippen molar-refractivity contribution in [3.05, 3.63) is 29.8 Å². The molecule has 0 aliphatic rings. The van der Waals surface area contributed by atoms with Gasteiger partial charge in [-0.1, -0.05) is 6.92 Å². The van der Waals surface area contributed by atoms with E-state index in [2.05, 4.69) is 5.32 Å². The Kier molecular flexibility index (Phi) is 6.18. The van der Waals surface area contributed by atoms with Gasteiger partial charge in [-0.2, -0.15) is 0 Å². The quantitative estimate of drug-likeness (QED) is 0.782. The van der Waals surface area contributed by atoms with Crippen LogP contribution in [0.4, 0.5) is 5.69 Å². The molecule has 0 aliphatic heterocycles. The summed E-state index contributed by atoms with van der Waals surface area (Å²) in [6.45, 7) is 5.53. The van der Waals surface area contributed by atoms with Crippen LogP contribution < -0.4 is 11.1 Å². The third-order valence-corrected chi connectivity index (χ3v) is 2.72. The van der Waals surface area contributed by atoms with Gasteiger partial charge in [-0.05, 0) is 44.5 Å². The second-order valence-corrected chi connectivity index (χ2v) is 4.95. The Morgan fingerprint density at radius 3 is 2.35 bits per heavy atom. The smallest absolute Gasteiger partial charge is 0.338 e. The first-order valence-electron chi connectivity index (χ1n) is 6.78. The molecule has 0 spiro atoms. The molecule has 0 aromatic heterocycles. The van der Waals surface area contributed by atoms with Crippen molar-refractivity contribution in [3.8, 4) is 0 Å². The molecule has 1 rings (SSSR count). The number of hydrogen-bond acceptors (Lipinski definition) is 4. The molecule has 1 aromatic rings. The zero-order chi connectivity index (χ0) is 15.1. The largest absolute Gasteiger partial charge is 0.459 e. The molecular formula is C15H22N2O3. The van der Waals surface area contributed by atoms with Gasteiger partial charge in [-0.15, -0.1) is 0 Å². The van der Waals surface area contributed by atoms with Gasteiger partial charge in [-0.25, -0.2) is 4.79 Å². The minimum atomic E-state index is -0.370. The Bertz CT molecular complexity index is 455. The number of hydrogen-bond donors (Lipinski definition) is 2. The lowest BCUT2D eigenvalue weighted by atomic mass is 10.1. The van der Waals surface area contributed by atoms with Gasteiger partial charge in [0.25, 0.3) is 0 Å². The molecule has 0 saturated carbocycles. The van der Waals surface area contributed by atoms with Crippen LogP contribution >= 0.6 is 0 Å². The minimum Gasteiger partial charge on any atom is -0.459 e. The van der Waals surface area contributed by atoms with Crippen LogP contribution in [0.25, 0.3) is 0 Å². The molecule has 1 amide bonds. The molecule has 5 nitrogen and oxygen atoms in total. The number of carbonyl (C=O) groups excluding carboxylic acids is 2. The summed E-state index contributed by atoms with van der Waals surface area (Å²) in [4.78, 5) is 23.3. The summed E-state index contributed by atoms with van der Waals surface area (Å²) in [6.07, 6.45) is 0.888. The number of nitrogens with two attached hydrogens (primary N) is 1. The van der Waals surface area contributed by atoms with E-state index in [4.69, 9.17) is 10.5 Å². The van der Waals surface area contributed by atoms with Crippen molar-refractivity contribution in [3.63, 3.8) is 0 Å². The van der Waals surface area contributed by atoms with Crippen LogP contribution in [0, 0.1) is 0 Å². The molecule has 0 fully saturated rings. The SMILES string of the molecule is CCC(N)CC(=O)Nc1ccc(C(=O)OC(C)C)cc1.